The van der Waals surface area contributed by atoms with Crippen LogP contribution in [0, 0.1) is 0 Å². The third-order valence-corrected chi connectivity index (χ3v) is 7.29. The Kier molecular flexibility index (Phi) is 8.93. The van der Waals surface area contributed by atoms with Crippen molar-refractivity contribution >= 4 is 23.7 Å². The van der Waals surface area contributed by atoms with E-state index in [0.29, 0.717) is 48.5 Å². The lowest BCUT2D eigenvalue weighted by atomic mass is 9.68. The molecule has 212 valence electrons. The molecule has 4 rings (SSSR count). The first-order valence-electron chi connectivity index (χ1n) is 13.5. The topological polar surface area (TPSA) is 112 Å². The molecule has 3 aromatic rings. The summed E-state index contributed by atoms with van der Waals surface area (Å²) in [6.07, 6.45) is 5.27. The van der Waals surface area contributed by atoms with Gasteiger partial charge in [0.1, 0.15) is 11.2 Å². The highest BCUT2D eigenvalue weighted by atomic mass is 35.5. The standard InChI is InChI=1S/C30H35ClN4O5/c1-5-39-27(37)24-17-25(20-8-7-15-32-18-20)34-35(26(24)36)23-11-13-30(14-12-23,21-9-6-10-22(31)16-21)19-33-28(38)40-29(2,3)4/h6-10,15-18,23H,5,11-14,19H2,1-4H3,(H,33,38). The van der Waals surface area contributed by atoms with Crippen molar-refractivity contribution in [3.8, 4) is 11.3 Å². The number of amides is 1. The van der Waals surface area contributed by atoms with Gasteiger partial charge in [-0.05, 0) is 89.3 Å². The first-order valence-corrected chi connectivity index (χ1v) is 13.8. The fourth-order valence-electron chi connectivity index (χ4n) is 5.11. The zero-order valence-electron chi connectivity index (χ0n) is 23.3. The number of nitrogens with zero attached hydrogens (tertiary/aromatic N) is 3. The minimum atomic E-state index is -0.681. The average Bonchev–Trinajstić information content (AvgIpc) is 2.92. The van der Waals surface area contributed by atoms with Crippen LogP contribution in [0.1, 0.15) is 75.3 Å². The number of ether oxygens (including phenoxy) is 2. The first kappa shape index (κ1) is 29.3. The largest absolute Gasteiger partial charge is 0.462 e. The Morgan fingerprint density at radius 3 is 2.52 bits per heavy atom. The second kappa shape index (κ2) is 12.2. The molecule has 2 aromatic heterocycles. The van der Waals surface area contributed by atoms with E-state index in [1.54, 1.807) is 25.4 Å². The molecule has 0 spiro atoms. The zero-order chi connectivity index (χ0) is 28.9. The summed E-state index contributed by atoms with van der Waals surface area (Å²) in [5.41, 5.74) is 0.570. The van der Waals surface area contributed by atoms with E-state index in [0.717, 1.165) is 5.56 Å². The molecule has 1 aliphatic rings. The maximum atomic E-state index is 13.5. The van der Waals surface area contributed by atoms with E-state index in [9.17, 15) is 14.4 Å². The number of carbonyl (C=O) groups excluding carboxylic acids is 2. The van der Waals surface area contributed by atoms with Gasteiger partial charge in [0.25, 0.3) is 5.56 Å². The van der Waals surface area contributed by atoms with Gasteiger partial charge in [0.15, 0.2) is 0 Å². The number of rotatable bonds is 7. The van der Waals surface area contributed by atoms with Crippen LogP contribution in [0.3, 0.4) is 0 Å². The van der Waals surface area contributed by atoms with Crippen molar-refractivity contribution in [2.75, 3.05) is 13.2 Å². The van der Waals surface area contributed by atoms with Gasteiger partial charge in [0.05, 0.1) is 18.3 Å². The quantitative estimate of drug-likeness (QED) is 0.364. The summed E-state index contributed by atoms with van der Waals surface area (Å²) in [7, 11) is 0. The Labute approximate surface area is 238 Å². The molecule has 1 aromatic carbocycles. The van der Waals surface area contributed by atoms with Crippen LogP contribution in [0.25, 0.3) is 11.3 Å². The van der Waals surface area contributed by atoms with Crippen LogP contribution in [0.5, 0.6) is 0 Å². The van der Waals surface area contributed by atoms with Gasteiger partial charge >= 0.3 is 12.1 Å². The van der Waals surface area contributed by atoms with Crippen molar-refractivity contribution in [3.05, 3.63) is 81.4 Å². The van der Waals surface area contributed by atoms with Crippen molar-refractivity contribution in [1.29, 1.82) is 0 Å². The lowest BCUT2D eigenvalue weighted by Crippen LogP contribution is -2.46. The van der Waals surface area contributed by atoms with Crippen LogP contribution in [0.2, 0.25) is 5.02 Å². The van der Waals surface area contributed by atoms with Crippen molar-refractivity contribution in [2.45, 2.75) is 70.4 Å². The molecule has 40 heavy (non-hydrogen) atoms. The second-order valence-corrected chi connectivity index (χ2v) is 11.5. The predicted molar refractivity (Wildman–Crippen MR) is 153 cm³/mol. The molecule has 9 nitrogen and oxygen atoms in total. The number of esters is 1. The number of nitrogens with one attached hydrogen (secondary N) is 1. The van der Waals surface area contributed by atoms with Crippen LogP contribution in [-0.2, 0) is 14.9 Å². The number of halogens is 1. The molecular formula is C30H35ClN4O5. The van der Waals surface area contributed by atoms with E-state index in [1.165, 1.54) is 10.7 Å². The summed E-state index contributed by atoms with van der Waals surface area (Å²) in [5, 5.41) is 8.22. The van der Waals surface area contributed by atoms with Crippen molar-refractivity contribution in [1.82, 2.24) is 20.1 Å². The van der Waals surface area contributed by atoms with Crippen molar-refractivity contribution in [2.24, 2.45) is 0 Å². The summed E-state index contributed by atoms with van der Waals surface area (Å²) >= 11 is 6.35. The molecule has 1 fully saturated rings. The highest BCUT2D eigenvalue weighted by Gasteiger charge is 2.39. The summed E-state index contributed by atoms with van der Waals surface area (Å²) < 4.78 is 12.1. The van der Waals surface area contributed by atoms with Crippen LogP contribution < -0.4 is 10.9 Å². The van der Waals surface area contributed by atoms with Gasteiger partial charge in [-0.2, -0.15) is 5.10 Å². The molecular weight excluding hydrogens is 532 g/mol. The molecule has 0 unspecified atom stereocenters. The molecule has 0 aliphatic heterocycles. The van der Waals surface area contributed by atoms with Crippen molar-refractivity contribution in [3.63, 3.8) is 0 Å². The number of carbonyl (C=O) groups is 2. The van der Waals surface area contributed by atoms with E-state index in [1.807, 2.05) is 51.1 Å². The molecule has 1 aliphatic carbocycles. The fourth-order valence-corrected chi connectivity index (χ4v) is 5.30. The second-order valence-electron chi connectivity index (χ2n) is 11.0. The van der Waals surface area contributed by atoms with Gasteiger partial charge in [-0.3, -0.25) is 9.78 Å². The van der Waals surface area contributed by atoms with Crippen molar-refractivity contribution < 1.29 is 19.1 Å². The predicted octanol–water partition coefficient (Wildman–Crippen LogP) is 5.71. The summed E-state index contributed by atoms with van der Waals surface area (Å²) in [5.74, 6) is -0.681. The molecule has 0 radical (unpaired) electrons. The minimum absolute atomic E-state index is 0.0611. The van der Waals surface area contributed by atoms with Gasteiger partial charge in [-0.1, -0.05) is 23.7 Å². The third-order valence-electron chi connectivity index (χ3n) is 7.05. The normalized spacial score (nSPS) is 19.1. The van der Waals surface area contributed by atoms with Gasteiger partial charge < -0.3 is 14.8 Å². The Morgan fingerprint density at radius 2 is 1.90 bits per heavy atom. The number of pyridine rings is 1. The maximum Gasteiger partial charge on any atom is 0.407 e. The Morgan fingerprint density at radius 1 is 1.15 bits per heavy atom. The van der Waals surface area contributed by atoms with E-state index in [-0.39, 0.29) is 18.2 Å². The molecule has 2 heterocycles. The highest BCUT2D eigenvalue weighted by molar-refractivity contribution is 6.30. The molecule has 1 saturated carbocycles. The smallest absolute Gasteiger partial charge is 0.407 e. The van der Waals surface area contributed by atoms with E-state index in [4.69, 9.17) is 21.1 Å². The number of benzene rings is 1. The van der Waals surface area contributed by atoms with Crippen LogP contribution >= 0.6 is 11.6 Å². The van der Waals surface area contributed by atoms with Gasteiger partial charge in [-0.15, -0.1) is 0 Å². The summed E-state index contributed by atoms with van der Waals surface area (Å²) in [6, 6.07) is 12.5. The zero-order valence-corrected chi connectivity index (χ0v) is 24.0. The third kappa shape index (κ3) is 6.88. The van der Waals surface area contributed by atoms with Gasteiger partial charge in [0, 0.05) is 34.9 Å². The average molecular weight is 567 g/mol. The Hall–Kier alpha value is -3.72. The lowest BCUT2D eigenvalue weighted by Gasteiger charge is -2.41. The van der Waals surface area contributed by atoms with Gasteiger partial charge in [-0.25, -0.2) is 14.3 Å². The lowest BCUT2D eigenvalue weighted by molar-refractivity contribution is 0.0502. The number of hydrogen-bond acceptors (Lipinski definition) is 7. The van der Waals surface area contributed by atoms with Crippen LogP contribution in [0.15, 0.2) is 59.7 Å². The molecule has 1 N–H and O–H groups in total. The Bertz CT molecular complexity index is 1410. The molecule has 1 amide bonds. The first-order chi connectivity index (χ1) is 19.0. The molecule has 10 heteroatoms. The van der Waals surface area contributed by atoms with Gasteiger partial charge in [0.2, 0.25) is 0 Å². The van der Waals surface area contributed by atoms with E-state index in [2.05, 4.69) is 15.4 Å². The summed E-state index contributed by atoms with van der Waals surface area (Å²) in [6.45, 7) is 7.65. The summed E-state index contributed by atoms with van der Waals surface area (Å²) in [4.78, 5) is 42.9. The minimum Gasteiger partial charge on any atom is -0.462 e. The molecule has 0 atom stereocenters. The van der Waals surface area contributed by atoms with Crippen LogP contribution in [0.4, 0.5) is 4.79 Å². The number of aromatic nitrogens is 3. The molecule has 0 bridgehead atoms. The SMILES string of the molecule is CCOC(=O)c1cc(-c2cccnc2)nn(C2CCC(CNC(=O)OC(C)(C)C)(c3cccc(Cl)c3)CC2)c1=O. The fraction of sp³-hybridized carbons (Fsp3) is 0.433. The monoisotopic (exact) mass is 566 g/mol. The van der Waals surface area contributed by atoms with E-state index >= 15 is 0 Å². The van der Waals surface area contributed by atoms with Crippen LogP contribution in [-0.4, -0.2) is 45.6 Å². The van der Waals surface area contributed by atoms with E-state index < -0.39 is 28.6 Å². The number of hydrogen-bond donors (Lipinski definition) is 1. The highest BCUT2D eigenvalue weighted by Crippen LogP contribution is 2.43. The number of alkyl carbamates (subject to hydrolysis) is 1. The maximum absolute atomic E-state index is 13.5. The molecule has 0 saturated heterocycles. The Balaban J connectivity index is 1.65.